The van der Waals surface area contributed by atoms with Crippen LogP contribution in [0.4, 0.5) is 18.9 Å². The fraction of sp³-hybridized carbons (Fsp3) is 0.267. The van der Waals surface area contributed by atoms with Gasteiger partial charge in [0.05, 0.1) is 17.8 Å². The molecule has 1 aromatic carbocycles. The highest BCUT2D eigenvalue weighted by atomic mass is 79.9. The highest BCUT2D eigenvalue weighted by Crippen LogP contribution is 2.36. The normalized spacial score (nSPS) is 11.5. The molecule has 0 spiro atoms. The van der Waals surface area contributed by atoms with Gasteiger partial charge in [-0.2, -0.15) is 13.2 Å². The van der Waals surface area contributed by atoms with Crippen molar-refractivity contribution in [1.29, 1.82) is 0 Å². The first-order valence-corrected chi connectivity index (χ1v) is 7.24. The summed E-state index contributed by atoms with van der Waals surface area (Å²) in [4.78, 5) is 4.22. The number of halogens is 4. The molecule has 0 aliphatic rings. The SMILES string of the molecule is CCc1cccnc1CNc1ccc(Br)cc1C(F)(F)F. The number of alkyl halides is 3. The number of aromatic nitrogens is 1. The maximum absolute atomic E-state index is 13.0. The third kappa shape index (κ3) is 3.97. The Morgan fingerprint density at radius 2 is 2.00 bits per heavy atom. The van der Waals surface area contributed by atoms with Gasteiger partial charge in [0, 0.05) is 16.4 Å². The van der Waals surface area contributed by atoms with E-state index in [1.54, 1.807) is 12.3 Å². The van der Waals surface area contributed by atoms with E-state index in [1.165, 1.54) is 6.07 Å². The lowest BCUT2D eigenvalue weighted by Gasteiger charge is -2.15. The van der Waals surface area contributed by atoms with Crippen molar-refractivity contribution in [3.05, 3.63) is 57.8 Å². The second-order valence-corrected chi connectivity index (χ2v) is 5.42. The van der Waals surface area contributed by atoms with Crippen LogP contribution >= 0.6 is 15.9 Å². The van der Waals surface area contributed by atoms with Crippen LogP contribution in [0.2, 0.25) is 0 Å². The number of nitrogens with zero attached hydrogens (tertiary/aromatic N) is 1. The number of nitrogens with one attached hydrogen (secondary N) is 1. The van der Waals surface area contributed by atoms with Gasteiger partial charge in [0.1, 0.15) is 0 Å². The third-order valence-electron chi connectivity index (χ3n) is 3.10. The average molecular weight is 359 g/mol. The monoisotopic (exact) mass is 358 g/mol. The van der Waals surface area contributed by atoms with Crippen molar-refractivity contribution in [3.8, 4) is 0 Å². The lowest BCUT2D eigenvalue weighted by molar-refractivity contribution is -0.137. The number of hydrogen-bond acceptors (Lipinski definition) is 2. The van der Waals surface area contributed by atoms with E-state index >= 15 is 0 Å². The molecular weight excluding hydrogens is 345 g/mol. The van der Waals surface area contributed by atoms with Crippen LogP contribution in [0.5, 0.6) is 0 Å². The molecule has 2 aromatic rings. The Morgan fingerprint density at radius 3 is 2.67 bits per heavy atom. The zero-order valence-corrected chi connectivity index (χ0v) is 12.9. The van der Waals surface area contributed by atoms with Gasteiger partial charge in [-0.15, -0.1) is 0 Å². The summed E-state index contributed by atoms with van der Waals surface area (Å²) in [6, 6.07) is 7.82. The minimum atomic E-state index is -4.40. The van der Waals surface area contributed by atoms with E-state index < -0.39 is 11.7 Å². The van der Waals surface area contributed by atoms with Crippen LogP contribution in [0.15, 0.2) is 41.0 Å². The summed E-state index contributed by atoms with van der Waals surface area (Å²) in [5.41, 5.74) is 1.15. The Bertz CT molecular complexity index is 627. The Labute approximate surface area is 129 Å². The Hall–Kier alpha value is -1.56. The lowest BCUT2D eigenvalue weighted by atomic mass is 10.1. The van der Waals surface area contributed by atoms with Gasteiger partial charge in [-0.25, -0.2) is 0 Å². The molecule has 0 saturated carbocycles. The van der Waals surface area contributed by atoms with Gasteiger partial charge in [0.2, 0.25) is 0 Å². The number of anilines is 1. The first kappa shape index (κ1) is 15.8. The van der Waals surface area contributed by atoms with E-state index in [4.69, 9.17) is 0 Å². The largest absolute Gasteiger partial charge is 0.418 e. The van der Waals surface area contributed by atoms with Crippen molar-refractivity contribution in [2.75, 3.05) is 5.32 Å². The van der Waals surface area contributed by atoms with Gasteiger partial charge < -0.3 is 5.32 Å². The smallest absolute Gasteiger partial charge is 0.379 e. The van der Waals surface area contributed by atoms with Gasteiger partial charge >= 0.3 is 6.18 Å². The van der Waals surface area contributed by atoms with Crippen LogP contribution < -0.4 is 5.32 Å². The number of aryl methyl sites for hydroxylation is 1. The molecular formula is C15H14BrF3N2. The molecule has 0 saturated heterocycles. The maximum Gasteiger partial charge on any atom is 0.418 e. The molecule has 0 aliphatic carbocycles. The van der Waals surface area contributed by atoms with Crippen LogP contribution in [0.25, 0.3) is 0 Å². The number of pyridine rings is 1. The summed E-state index contributed by atoms with van der Waals surface area (Å²) in [7, 11) is 0. The fourth-order valence-electron chi connectivity index (χ4n) is 2.04. The van der Waals surface area contributed by atoms with Gasteiger partial charge in [0.15, 0.2) is 0 Å². The Balaban J connectivity index is 2.24. The molecule has 1 N–H and O–H groups in total. The van der Waals surface area contributed by atoms with Crippen molar-refractivity contribution in [2.24, 2.45) is 0 Å². The van der Waals surface area contributed by atoms with Crippen molar-refractivity contribution in [3.63, 3.8) is 0 Å². The topological polar surface area (TPSA) is 24.9 Å². The van der Waals surface area contributed by atoms with E-state index in [-0.39, 0.29) is 12.2 Å². The van der Waals surface area contributed by atoms with Gasteiger partial charge in [0.25, 0.3) is 0 Å². The summed E-state index contributed by atoms with van der Waals surface area (Å²) >= 11 is 3.07. The quantitative estimate of drug-likeness (QED) is 0.828. The Kier molecular flexibility index (Phi) is 4.88. The second kappa shape index (κ2) is 6.47. The van der Waals surface area contributed by atoms with E-state index in [9.17, 15) is 13.2 Å². The molecule has 21 heavy (non-hydrogen) atoms. The summed E-state index contributed by atoms with van der Waals surface area (Å²) in [5, 5.41) is 2.83. The van der Waals surface area contributed by atoms with Gasteiger partial charge in [-0.05, 0) is 36.2 Å². The summed E-state index contributed by atoms with van der Waals surface area (Å²) in [6.45, 7) is 2.25. The molecule has 2 rings (SSSR count). The third-order valence-corrected chi connectivity index (χ3v) is 3.59. The highest BCUT2D eigenvalue weighted by Gasteiger charge is 2.33. The first-order valence-electron chi connectivity index (χ1n) is 6.45. The van der Waals surface area contributed by atoms with Crippen LogP contribution in [0.1, 0.15) is 23.7 Å². The lowest BCUT2D eigenvalue weighted by Crippen LogP contribution is -2.12. The average Bonchev–Trinajstić information content (AvgIpc) is 2.45. The second-order valence-electron chi connectivity index (χ2n) is 4.50. The molecule has 0 aliphatic heterocycles. The van der Waals surface area contributed by atoms with E-state index in [1.807, 2.05) is 19.1 Å². The molecule has 0 radical (unpaired) electrons. The number of hydrogen-bond donors (Lipinski definition) is 1. The molecule has 0 bridgehead atoms. The molecule has 0 unspecified atom stereocenters. The van der Waals surface area contributed by atoms with Gasteiger partial charge in [-0.3, -0.25) is 4.98 Å². The number of rotatable bonds is 4. The van der Waals surface area contributed by atoms with Crippen LogP contribution in [0.3, 0.4) is 0 Å². The maximum atomic E-state index is 13.0. The molecule has 2 nitrogen and oxygen atoms in total. The van der Waals surface area contributed by atoms with E-state index in [0.29, 0.717) is 4.47 Å². The van der Waals surface area contributed by atoms with Gasteiger partial charge in [-0.1, -0.05) is 28.9 Å². The molecule has 1 aromatic heterocycles. The Morgan fingerprint density at radius 1 is 1.24 bits per heavy atom. The van der Waals surface area contributed by atoms with E-state index in [2.05, 4.69) is 26.2 Å². The van der Waals surface area contributed by atoms with Crippen molar-refractivity contribution in [1.82, 2.24) is 4.98 Å². The summed E-state index contributed by atoms with van der Waals surface area (Å²) in [6.07, 6.45) is -1.97. The summed E-state index contributed by atoms with van der Waals surface area (Å²) < 4.78 is 39.5. The van der Waals surface area contributed by atoms with Crippen LogP contribution in [0, 0.1) is 0 Å². The zero-order valence-electron chi connectivity index (χ0n) is 11.3. The molecule has 112 valence electrons. The molecule has 6 heteroatoms. The predicted octanol–water partition coefficient (Wildman–Crippen LogP) is 5.04. The van der Waals surface area contributed by atoms with Crippen LogP contribution in [-0.2, 0) is 19.1 Å². The minimum Gasteiger partial charge on any atom is -0.379 e. The van der Waals surface area contributed by atoms with Crippen molar-refractivity contribution in [2.45, 2.75) is 26.1 Å². The van der Waals surface area contributed by atoms with Crippen LogP contribution in [-0.4, -0.2) is 4.98 Å². The zero-order chi connectivity index (χ0) is 15.5. The molecule has 0 amide bonds. The summed E-state index contributed by atoms with van der Waals surface area (Å²) in [5.74, 6) is 0. The predicted molar refractivity (Wildman–Crippen MR) is 80.1 cm³/mol. The first-order chi connectivity index (χ1) is 9.91. The molecule has 0 atom stereocenters. The fourth-order valence-corrected chi connectivity index (χ4v) is 2.40. The molecule has 1 heterocycles. The minimum absolute atomic E-state index is 0.0541. The van der Waals surface area contributed by atoms with Crippen molar-refractivity contribution >= 4 is 21.6 Å². The highest BCUT2D eigenvalue weighted by molar-refractivity contribution is 9.10. The van der Waals surface area contributed by atoms with Crippen molar-refractivity contribution < 1.29 is 13.2 Å². The number of benzene rings is 1. The standard InChI is InChI=1S/C15H14BrF3N2/c1-2-10-4-3-7-20-14(10)9-21-13-6-5-11(16)8-12(13)15(17,18)19/h3-8,21H,2,9H2,1H3. The molecule has 0 fully saturated rings. The van der Waals surface area contributed by atoms with E-state index in [0.717, 1.165) is 23.7 Å².